The van der Waals surface area contributed by atoms with Gasteiger partial charge >= 0.3 is 0 Å². The minimum Gasteiger partial charge on any atom is -0.367 e. The van der Waals surface area contributed by atoms with Gasteiger partial charge in [-0.15, -0.1) is 0 Å². The molecule has 0 spiro atoms. The third-order valence-corrected chi connectivity index (χ3v) is 4.97. The summed E-state index contributed by atoms with van der Waals surface area (Å²) < 4.78 is 25.6. The number of benzene rings is 1. The summed E-state index contributed by atoms with van der Waals surface area (Å²) in [7, 11) is -0.731. The number of hydrogen-bond donors (Lipinski definition) is 1. The molecule has 0 amide bonds. The maximum atomic E-state index is 14.3. The van der Waals surface area contributed by atoms with E-state index < -0.39 is 10.8 Å². The van der Waals surface area contributed by atoms with Crippen LogP contribution in [-0.2, 0) is 10.8 Å². The monoisotopic (exact) mass is 298 g/mol. The van der Waals surface area contributed by atoms with Crippen LogP contribution in [0.15, 0.2) is 18.2 Å². The van der Waals surface area contributed by atoms with E-state index in [9.17, 15) is 8.60 Å². The molecule has 5 heteroatoms. The highest BCUT2D eigenvalue weighted by atomic mass is 32.2. The maximum Gasteiger partial charge on any atom is 0.146 e. The molecule has 1 saturated heterocycles. The van der Waals surface area contributed by atoms with Crippen molar-refractivity contribution in [2.75, 3.05) is 36.0 Å². The molecule has 1 aromatic carbocycles. The third kappa shape index (κ3) is 3.79. The van der Waals surface area contributed by atoms with Gasteiger partial charge in [0.25, 0.3) is 0 Å². The number of hydrogen-bond acceptors (Lipinski definition) is 3. The van der Waals surface area contributed by atoms with Gasteiger partial charge in [-0.25, -0.2) is 4.39 Å². The molecule has 0 saturated carbocycles. The molecule has 1 aromatic rings. The van der Waals surface area contributed by atoms with Gasteiger partial charge in [0.2, 0.25) is 0 Å². The van der Waals surface area contributed by atoms with E-state index in [1.54, 1.807) is 6.07 Å². The maximum absolute atomic E-state index is 14.3. The normalized spacial score (nSPS) is 18.2. The largest absolute Gasteiger partial charge is 0.367 e. The van der Waals surface area contributed by atoms with Gasteiger partial charge in [0, 0.05) is 41.4 Å². The van der Waals surface area contributed by atoms with Crippen LogP contribution in [0.3, 0.4) is 0 Å². The van der Waals surface area contributed by atoms with E-state index in [-0.39, 0.29) is 11.9 Å². The lowest BCUT2D eigenvalue weighted by atomic mass is 10.1. The summed E-state index contributed by atoms with van der Waals surface area (Å²) in [6, 6.07) is 5.61. The first kappa shape index (κ1) is 15.4. The zero-order chi connectivity index (χ0) is 14.5. The Bertz CT molecular complexity index is 471. The molecular weight excluding hydrogens is 275 g/mol. The number of nitrogens with one attached hydrogen (secondary N) is 1. The van der Waals surface area contributed by atoms with Gasteiger partial charge in [-0.1, -0.05) is 13.0 Å². The van der Waals surface area contributed by atoms with Crippen LogP contribution in [0.25, 0.3) is 0 Å². The summed E-state index contributed by atoms with van der Waals surface area (Å²) in [6.45, 7) is 6.44. The van der Waals surface area contributed by atoms with Crippen LogP contribution in [0.4, 0.5) is 10.1 Å². The Morgan fingerprint density at radius 3 is 2.70 bits per heavy atom. The zero-order valence-electron chi connectivity index (χ0n) is 12.2. The van der Waals surface area contributed by atoms with Crippen molar-refractivity contribution in [2.45, 2.75) is 26.3 Å². The first-order chi connectivity index (χ1) is 9.61. The minimum atomic E-state index is -0.731. The topological polar surface area (TPSA) is 32.3 Å². The molecule has 1 fully saturated rings. The van der Waals surface area contributed by atoms with Crippen molar-refractivity contribution in [1.29, 1.82) is 0 Å². The second-order valence-electron chi connectivity index (χ2n) is 5.22. The highest BCUT2D eigenvalue weighted by Gasteiger charge is 2.19. The second-order valence-corrected chi connectivity index (χ2v) is 6.92. The first-order valence-electron chi connectivity index (χ1n) is 7.24. The van der Waals surface area contributed by atoms with Crippen molar-refractivity contribution in [1.82, 2.24) is 5.32 Å². The Morgan fingerprint density at radius 2 is 2.10 bits per heavy atom. The predicted molar refractivity (Wildman–Crippen MR) is 83.2 cm³/mol. The predicted octanol–water partition coefficient (Wildman–Crippen LogP) is 2.46. The molecule has 20 heavy (non-hydrogen) atoms. The summed E-state index contributed by atoms with van der Waals surface area (Å²) in [5.41, 5.74) is 1.61. The van der Waals surface area contributed by atoms with Crippen molar-refractivity contribution >= 4 is 16.5 Å². The Balaban J connectivity index is 2.07. The molecule has 112 valence electrons. The van der Waals surface area contributed by atoms with E-state index in [0.29, 0.717) is 30.3 Å². The summed E-state index contributed by atoms with van der Waals surface area (Å²) in [4.78, 5) is 1.99. The van der Waals surface area contributed by atoms with E-state index in [1.807, 2.05) is 24.0 Å². The average molecular weight is 298 g/mol. The highest BCUT2D eigenvalue weighted by molar-refractivity contribution is 7.85. The van der Waals surface area contributed by atoms with Crippen LogP contribution in [0.1, 0.15) is 31.9 Å². The fourth-order valence-electron chi connectivity index (χ4n) is 2.41. The van der Waals surface area contributed by atoms with Gasteiger partial charge in [0.15, 0.2) is 0 Å². The van der Waals surface area contributed by atoms with E-state index >= 15 is 0 Å². The third-order valence-electron chi connectivity index (χ3n) is 3.69. The quantitative estimate of drug-likeness (QED) is 0.906. The molecule has 0 bridgehead atoms. The lowest BCUT2D eigenvalue weighted by molar-refractivity contribution is 0.561. The molecule has 0 aromatic heterocycles. The smallest absolute Gasteiger partial charge is 0.146 e. The zero-order valence-corrected chi connectivity index (χ0v) is 13.0. The Labute approximate surface area is 123 Å². The second kappa shape index (κ2) is 7.18. The van der Waals surface area contributed by atoms with Crippen molar-refractivity contribution in [3.8, 4) is 0 Å². The van der Waals surface area contributed by atoms with E-state index in [4.69, 9.17) is 0 Å². The van der Waals surface area contributed by atoms with Crippen molar-refractivity contribution in [3.05, 3.63) is 29.6 Å². The van der Waals surface area contributed by atoms with Crippen molar-refractivity contribution in [2.24, 2.45) is 0 Å². The fourth-order valence-corrected chi connectivity index (χ4v) is 3.46. The van der Waals surface area contributed by atoms with Gasteiger partial charge in [0.1, 0.15) is 5.82 Å². The molecular formula is C15H23FN2OS. The summed E-state index contributed by atoms with van der Waals surface area (Å²) in [5.74, 6) is 1.09. The van der Waals surface area contributed by atoms with Gasteiger partial charge in [-0.05, 0) is 37.6 Å². The molecule has 2 rings (SSSR count). The van der Waals surface area contributed by atoms with E-state index in [1.165, 1.54) is 0 Å². The SMILES string of the molecule is CCCNC(C)c1ccc(N2CCS(=O)CC2)c(F)c1. The number of rotatable bonds is 5. The van der Waals surface area contributed by atoms with Crippen LogP contribution in [0.5, 0.6) is 0 Å². The molecule has 1 heterocycles. The van der Waals surface area contributed by atoms with Crippen LogP contribution >= 0.6 is 0 Å². The van der Waals surface area contributed by atoms with Crippen LogP contribution in [0, 0.1) is 5.82 Å². The van der Waals surface area contributed by atoms with Gasteiger partial charge in [-0.2, -0.15) is 0 Å². The van der Waals surface area contributed by atoms with Crippen molar-refractivity contribution in [3.63, 3.8) is 0 Å². The lowest BCUT2D eigenvalue weighted by Gasteiger charge is -2.29. The molecule has 3 nitrogen and oxygen atoms in total. The van der Waals surface area contributed by atoms with Crippen LogP contribution in [-0.4, -0.2) is 35.3 Å². The lowest BCUT2D eigenvalue weighted by Crippen LogP contribution is -2.38. The molecule has 0 aliphatic carbocycles. The Hall–Kier alpha value is -0.940. The first-order valence-corrected chi connectivity index (χ1v) is 8.73. The highest BCUT2D eigenvalue weighted by Crippen LogP contribution is 2.24. The molecule has 1 N–H and O–H groups in total. The van der Waals surface area contributed by atoms with Crippen LogP contribution in [0.2, 0.25) is 0 Å². The van der Waals surface area contributed by atoms with Gasteiger partial charge in [-0.3, -0.25) is 4.21 Å². The summed E-state index contributed by atoms with van der Waals surface area (Å²) in [5, 5.41) is 3.36. The Kier molecular flexibility index (Phi) is 5.54. The fraction of sp³-hybridized carbons (Fsp3) is 0.600. The Morgan fingerprint density at radius 1 is 1.40 bits per heavy atom. The number of anilines is 1. The van der Waals surface area contributed by atoms with Gasteiger partial charge in [0.05, 0.1) is 5.69 Å². The van der Waals surface area contributed by atoms with E-state index in [0.717, 1.165) is 18.5 Å². The van der Waals surface area contributed by atoms with Crippen LogP contribution < -0.4 is 10.2 Å². The number of halogens is 1. The standard InChI is InChI=1S/C15H23FN2OS/c1-3-6-17-12(2)13-4-5-15(14(16)11-13)18-7-9-20(19)10-8-18/h4-5,11-12,17H,3,6-10H2,1-2H3. The number of nitrogens with zero attached hydrogens (tertiary/aromatic N) is 1. The molecule has 1 unspecified atom stereocenters. The molecule has 1 atom stereocenters. The molecule has 0 radical (unpaired) electrons. The van der Waals surface area contributed by atoms with E-state index in [2.05, 4.69) is 12.2 Å². The average Bonchev–Trinajstić information content (AvgIpc) is 2.46. The van der Waals surface area contributed by atoms with Crippen molar-refractivity contribution < 1.29 is 8.60 Å². The molecule has 1 aliphatic rings. The summed E-state index contributed by atoms with van der Waals surface area (Å²) in [6.07, 6.45) is 1.07. The summed E-state index contributed by atoms with van der Waals surface area (Å²) >= 11 is 0. The van der Waals surface area contributed by atoms with Gasteiger partial charge < -0.3 is 10.2 Å². The molecule has 1 aliphatic heterocycles. The minimum absolute atomic E-state index is 0.160.